The summed E-state index contributed by atoms with van der Waals surface area (Å²) < 4.78 is 26.8. The van der Waals surface area contributed by atoms with Crippen LogP contribution < -0.4 is 11.3 Å². The van der Waals surface area contributed by atoms with E-state index in [4.69, 9.17) is 5.84 Å². The molecule has 1 aliphatic rings. The number of nitrogens with one attached hydrogen (secondary N) is 1. The lowest BCUT2D eigenvalue weighted by molar-refractivity contribution is 0.141. The molecule has 21 heavy (non-hydrogen) atoms. The van der Waals surface area contributed by atoms with Crippen LogP contribution >= 0.6 is 0 Å². The number of pyridine rings is 1. The summed E-state index contributed by atoms with van der Waals surface area (Å²) in [6, 6.07) is 3.11. The number of rotatable bonds is 5. The monoisotopic (exact) mass is 312 g/mol. The summed E-state index contributed by atoms with van der Waals surface area (Å²) in [5, 5.41) is 0. The Morgan fingerprint density at radius 1 is 1.29 bits per heavy atom. The Bertz CT molecular complexity index is 557. The topological polar surface area (TPSA) is 88.3 Å². The van der Waals surface area contributed by atoms with Gasteiger partial charge in [0.25, 0.3) is 0 Å². The minimum atomic E-state index is -3.45. The van der Waals surface area contributed by atoms with E-state index in [0.717, 1.165) is 25.7 Å². The third-order valence-electron chi connectivity index (χ3n) is 4.81. The number of sulfonamides is 1. The Hall–Kier alpha value is -1.18. The number of piperidine rings is 1. The summed E-state index contributed by atoms with van der Waals surface area (Å²) in [6.45, 7) is 5.55. The van der Waals surface area contributed by atoms with Crippen LogP contribution in [-0.2, 0) is 10.0 Å². The number of nitrogen functional groups attached to an aromatic ring is 1. The molecular weight excluding hydrogens is 288 g/mol. The molecule has 0 amide bonds. The van der Waals surface area contributed by atoms with Crippen molar-refractivity contribution < 1.29 is 8.42 Å². The van der Waals surface area contributed by atoms with Gasteiger partial charge in [0.05, 0.1) is 0 Å². The van der Waals surface area contributed by atoms with Crippen molar-refractivity contribution in [2.75, 3.05) is 18.5 Å². The van der Waals surface area contributed by atoms with E-state index in [1.165, 1.54) is 6.20 Å². The molecule has 0 spiro atoms. The van der Waals surface area contributed by atoms with Crippen molar-refractivity contribution in [3.05, 3.63) is 18.3 Å². The van der Waals surface area contributed by atoms with Gasteiger partial charge in [-0.05, 0) is 30.4 Å². The lowest BCUT2D eigenvalue weighted by Crippen LogP contribution is -2.42. The zero-order valence-corrected chi connectivity index (χ0v) is 13.5. The van der Waals surface area contributed by atoms with E-state index in [-0.39, 0.29) is 4.90 Å². The second-order valence-corrected chi connectivity index (χ2v) is 7.57. The second kappa shape index (κ2) is 6.29. The number of nitrogens with two attached hydrogens (primary N) is 1. The summed E-state index contributed by atoms with van der Waals surface area (Å²) in [5.41, 5.74) is 2.69. The molecule has 0 atom stereocenters. The normalized spacial score (nSPS) is 19.4. The van der Waals surface area contributed by atoms with Crippen LogP contribution in [0.2, 0.25) is 0 Å². The number of hydrogen-bond donors (Lipinski definition) is 2. The first-order chi connectivity index (χ1) is 9.97. The highest BCUT2D eigenvalue weighted by Gasteiger charge is 2.36. The summed E-state index contributed by atoms with van der Waals surface area (Å²) in [4.78, 5) is 4.20. The number of nitrogens with zero attached hydrogens (tertiary/aromatic N) is 2. The third kappa shape index (κ3) is 3.20. The molecular formula is C14H24N4O2S. The van der Waals surface area contributed by atoms with Gasteiger partial charge >= 0.3 is 0 Å². The summed E-state index contributed by atoms with van der Waals surface area (Å²) >= 11 is 0. The van der Waals surface area contributed by atoms with Gasteiger partial charge in [0.1, 0.15) is 10.7 Å². The Balaban J connectivity index is 2.14. The van der Waals surface area contributed by atoms with E-state index in [9.17, 15) is 8.42 Å². The first-order valence-electron chi connectivity index (χ1n) is 7.40. The van der Waals surface area contributed by atoms with Gasteiger partial charge in [-0.15, -0.1) is 0 Å². The maximum Gasteiger partial charge on any atom is 0.244 e. The maximum absolute atomic E-state index is 12.6. The lowest BCUT2D eigenvalue weighted by atomic mass is 9.75. The fourth-order valence-corrected chi connectivity index (χ4v) is 4.31. The second-order valence-electron chi connectivity index (χ2n) is 5.63. The number of anilines is 1. The molecule has 2 rings (SSSR count). The molecule has 0 aromatic carbocycles. The molecule has 7 heteroatoms. The van der Waals surface area contributed by atoms with Crippen LogP contribution in [0.5, 0.6) is 0 Å². The Labute approximate surface area is 126 Å². The zero-order chi connectivity index (χ0) is 15.5. The molecule has 1 fully saturated rings. The van der Waals surface area contributed by atoms with E-state index < -0.39 is 10.0 Å². The molecule has 1 aromatic rings. The van der Waals surface area contributed by atoms with E-state index in [2.05, 4.69) is 24.3 Å². The van der Waals surface area contributed by atoms with Crippen LogP contribution in [0.15, 0.2) is 23.2 Å². The molecule has 1 saturated heterocycles. The van der Waals surface area contributed by atoms with Gasteiger partial charge in [0.2, 0.25) is 10.0 Å². The Morgan fingerprint density at radius 3 is 2.33 bits per heavy atom. The predicted molar refractivity (Wildman–Crippen MR) is 83.1 cm³/mol. The highest BCUT2D eigenvalue weighted by atomic mass is 32.2. The summed E-state index contributed by atoms with van der Waals surface area (Å²) in [6.07, 6.45) is 5.42. The molecule has 0 saturated carbocycles. The predicted octanol–water partition coefficient (Wildman–Crippen LogP) is 1.96. The van der Waals surface area contributed by atoms with Gasteiger partial charge in [-0.2, -0.15) is 4.31 Å². The van der Waals surface area contributed by atoms with Gasteiger partial charge in [0.15, 0.2) is 0 Å². The molecule has 1 aromatic heterocycles. The fourth-order valence-electron chi connectivity index (χ4n) is 2.93. The van der Waals surface area contributed by atoms with Crippen molar-refractivity contribution in [2.45, 2.75) is 44.4 Å². The van der Waals surface area contributed by atoms with Gasteiger partial charge in [-0.3, -0.25) is 0 Å². The van der Waals surface area contributed by atoms with Crippen molar-refractivity contribution in [2.24, 2.45) is 11.3 Å². The summed E-state index contributed by atoms with van der Waals surface area (Å²) in [5.74, 6) is 5.69. The van der Waals surface area contributed by atoms with Crippen molar-refractivity contribution in [3.8, 4) is 0 Å². The van der Waals surface area contributed by atoms with Crippen LogP contribution in [0.1, 0.15) is 39.5 Å². The largest absolute Gasteiger partial charge is 0.308 e. The third-order valence-corrected chi connectivity index (χ3v) is 6.69. The van der Waals surface area contributed by atoms with E-state index in [1.54, 1.807) is 16.4 Å². The highest BCUT2D eigenvalue weighted by Crippen LogP contribution is 2.39. The highest BCUT2D eigenvalue weighted by molar-refractivity contribution is 7.89. The molecule has 1 aliphatic heterocycles. The van der Waals surface area contributed by atoms with Crippen LogP contribution in [0.4, 0.5) is 5.82 Å². The number of aromatic nitrogens is 1. The molecule has 0 unspecified atom stereocenters. The minimum Gasteiger partial charge on any atom is -0.308 e. The lowest BCUT2D eigenvalue weighted by Gasteiger charge is -2.40. The fraction of sp³-hybridized carbons (Fsp3) is 0.643. The average Bonchev–Trinajstić information content (AvgIpc) is 2.55. The van der Waals surface area contributed by atoms with Crippen molar-refractivity contribution in [1.82, 2.24) is 9.29 Å². The molecule has 6 nitrogen and oxygen atoms in total. The van der Waals surface area contributed by atoms with Gasteiger partial charge in [0, 0.05) is 19.3 Å². The summed E-state index contributed by atoms with van der Waals surface area (Å²) in [7, 11) is -3.45. The SMILES string of the molecule is CCC1(CC)CCN(S(=O)(=O)c2ccc(NN)nc2)CC1. The van der Waals surface area contributed by atoms with E-state index >= 15 is 0 Å². The van der Waals surface area contributed by atoms with E-state index in [1.807, 2.05) is 0 Å². The molecule has 118 valence electrons. The zero-order valence-electron chi connectivity index (χ0n) is 12.7. The maximum atomic E-state index is 12.6. The molecule has 0 bridgehead atoms. The van der Waals surface area contributed by atoms with E-state index in [0.29, 0.717) is 24.3 Å². The molecule has 0 aliphatic carbocycles. The van der Waals surface area contributed by atoms with Crippen LogP contribution in [0, 0.1) is 5.41 Å². The van der Waals surface area contributed by atoms with Crippen molar-refractivity contribution in [3.63, 3.8) is 0 Å². The van der Waals surface area contributed by atoms with Crippen molar-refractivity contribution >= 4 is 15.8 Å². The van der Waals surface area contributed by atoms with Crippen LogP contribution in [0.3, 0.4) is 0 Å². The van der Waals surface area contributed by atoms with Gasteiger partial charge in [-0.25, -0.2) is 19.2 Å². The van der Waals surface area contributed by atoms with Gasteiger partial charge in [-0.1, -0.05) is 26.7 Å². The van der Waals surface area contributed by atoms with Crippen LogP contribution in [0.25, 0.3) is 0 Å². The van der Waals surface area contributed by atoms with Gasteiger partial charge < -0.3 is 5.43 Å². The average molecular weight is 312 g/mol. The smallest absolute Gasteiger partial charge is 0.244 e. The Morgan fingerprint density at radius 2 is 1.90 bits per heavy atom. The molecule has 0 radical (unpaired) electrons. The number of hydrazine groups is 1. The Kier molecular flexibility index (Phi) is 4.85. The van der Waals surface area contributed by atoms with Crippen LogP contribution in [-0.4, -0.2) is 30.8 Å². The minimum absolute atomic E-state index is 0.224. The molecule has 3 N–H and O–H groups in total. The first kappa shape index (κ1) is 16.2. The molecule has 2 heterocycles. The first-order valence-corrected chi connectivity index (χ1v) is 8.84. The standard InChI is InChI=1S/C14H24N4O2S/c1-3-14(4-2)7-9-18(10-8-14)21(19,20)12-5-6-13(17-15)16-11-12/h5-6,11H,3-4,7-10,15H2,1-2H3,(H,16,17). The number of hydrogen-bond acceptors (Lipinski definition) is 5. The quantitative estimate of drug-likeness (QED) is 0.641. The van der Waals surface area contributed by atoms with Crippen molar-refractivity contribution in [1.29, 1.82) is 0 Å².